The monoisotopic (exact) mass is 299 g/mol. The van der Waals surface area contributed by atoms with Crippen molar-refractivity contribution in [3.05, 3.63) is 29.3 Å². The van der Waals surface area contributed by atoms with E-state index in [9.17, 15) is 0 Å². The van der Waals surface area contributed by atoms with Crippen molar-refractivity contribution in [3.63, 3.8) is 0 Å². The van der Waals surface area contributed by atoms with Crippen molar-refractivity contribution in [2.75, 3.05) is 0 Å². The summed E-state index contributed by atoms with van der Waals surface area (Å²) in [5.74, 6) is 0. The Kier molecular flexibility index (Phi) is 4.70. The van der Waals surface area contributed by atoms with Crippen LogP contribution in [0.25, 0.3) is 0 Å². The van der Waals surface area contributed by atoms with Gasteiger partial charge in [0.1, 0.15) is 0 Å². The zero-order valence-corrected chi connectivity index (χ0v) is 11.2. The van der Waals surface area contributed by atoms with Crippen molar-refractivity contribution in [1.82, 2.24) is 0 Å². The van der Waals surface area contributed by atoms with Crippen LogP contribution in [0.3, 0.4) is 0 Å². The zero-order valence-electron chi connectivity index (χ0n) is 5.44. The van der Waals surface area contributed by atoms with Gasteiger partial charge in [-0.3, -0.25) is 0 Å². The van der Waals surface area contributed by atoms with E-state index >= 15 is 0 Å². The van der Waals surface area contributed by atoms with E-state index in [-0.39, 0.29) is 0 Å². The molecule has 0 aliphatic heterocycles. The molecule has 1 radical (unpaired) electrons. The summed E-state index contributed by atoms with van der Waals surface area (Å²) in [7, 11) is 11.6. The zero-order chi connectivity index (χ0) is 8.27. The van der Waals surface area contributed by atoms with Gasteiger partial charge in [-0.25, -0.2) is 0 Å². The third-order valence-corrected chi connectivity index (χ3v) is 9.02. The van der Waals surface area contributed by atoms with Crippen molar-refractivity contribution >= 4 is 40.0 Å². The van der Waals surface area contributed by atoms with E-state index < -0.39 is 18.0 Å². The molecule has 0 saturated carbocycles. The van der Waals surface area contributed by atoms with Crippen molar-refractivity contribution in [2.45, 2.75) is 0 Å². The second-order valence-corrected chi connectivity index (χ2v) is 18.6. The van der Waals surface area contributed by atoms with Crippen LogP contribution < -0.4 is 5.19 Å². The quantitative estimate of drug-likeness (QED) is 0.699. The Balaban J connectivity index is 2.91. The van der Waals surface area contributed by atoms with Gasteiger partial charge < -0.3 is 0 Å². The minimum absolute atomic E-state index is 0.626. The summed E-state index contributed by atoms with van der Waals surface area (Å²) >= 11 is 3.73. The fourth-order valence-electron chi connectivity index (χ4n) is 0.642. The number of hydrogen-bond donors (Lipinski definition) is 0. The summed E-state index contributed by atoms with van der Waals surface area (Å²) in [4.78, 5) is 0. The van der Waals surface area contributed by atoms with E-state index in [0.717, 1.165) is 5.02 Å². The molecular formula is C6H4Cl3SiZr. The van der Waals surface area contributed by atoms with Gasteiger partial charge in [0.05, 0.1) is 0 Å². The molecular weight excluding hydrogens is 298 g/mol. The molecule has 0 aromatic heterocycles. The van der Waals surface area contributed by atoms with Crippen LogP contribution in [0.1, 0.15) is 0 Å². The maximum atomic E-state index is 5.79. The van der Waals surface area contributed by atoms with Crippen LogP contribution in [0.2, 0.25) is 5.02 Å². The summed E-state index contributed by atoms with van der Waals surface area (Å²) in [6, 6.07) is 7.69. The van der Waals surface area contributed by atoms with E-state index in [1.165, 1.54) is 5.19 Å². The van der Waals surface area contributed by atoms with Crippen LogP contribution in [-0.2, 0) is 18.0 Å². The Hall–Kier alpha value is 1.19. The minimum atomic E-state index is -1.97. The van der Waals surface area contributed by atoms with Crippen molar-refractivity contribution in [3.8, 4) is 0 Å². The van der Waals surface area contributed by atoms with Crippen molar-refractivity contribution in [2.24, 2.45) is 0 Å². The average Bonchev–Trinajstić information content (AvgIpc) is 1.93. The molecule has 0 nitrogen and oxygen atoms in total. The van der Waals surface area contributed by atoms with E-state index in [2.05, 4.69) is 0 Å². The predicted octanol–water partition coefficient (Wildman–Crippen LogP) is 2.51. The molecule has 0 aliphatic rings. The van der Waals surface area contributed by atoms with Gasteiger partial charge in [-0.05, 0) is 0 Å². The van der Waals surface area contributed by atoms with Crippen LogP contribution >= 0.6 is 28.6 Å². The van der Waals surface area contributed by atoms with Gasteiger partial charge in [0, 0.05) is 0 Å². The molecule has 5 heteroatoms. The normalized spacial score (nSPS) is 9.36. The number of benzene rings is 1. The van der Waals surface area contributed by atoms with Crippen LogP contribution in [0.5, 0.6) is 0 Å². The number of halogens is 3. The van der Waals surface area contributed by atoms with E-state index in [0.29, 0.717) is 6.16 Å². The first-order chi connectivity index (χ1) is 5.18. The standard InChI is InChI=1S/C6H4ClSi.2ClH.Zr/c7-5-1-3-6(8)4-2-5;;;/h1-4H;2*1H;/q;;;+2/p-2. The molecule has 57 valence electrons. The topological polar surface area (TPSA) is 0 Å². The first-order valence-corrected chi connectivity index (χ1v) is 14.3. The van der Waals surface area contributed by atoms with Gasteiger partial charge in [-0.2, -0.15) is 0 Å². The SMILES string of the molecule is Clc1ccc([Si]=[Zr]([Cl])[Cl])cc1. The molecule has 0 saturated heterocycles. The molecule has 0 unspecified atom stereocenters. The molecule has 1 aromatic carbocycles. The predicted molar refractivity (Wildman–Crippen MR) is 48.5 cm³/mol. The van der Waals surface area contributed by atoms with Crippen molar-refractivity contribution in [1.29, 1.82) is 0 Å². The Morgan fingerprint density at radius 1 is 1.09 bits per heavy atom. The Morgan fingerprint density at radius 2 is 1.64 bits per heavy atom. The van der Waals surface area contributed by atoms with Crippen LogP contribution in [0.4, 0.5) is 0 Å². The van der Waals surface area contributed by atoms with Crippen LogP contribution in [0.15, 0.2) is 24.3 Å². The second-order valence-electron chi connectivity index (χ2n) is 1.89. The van der Waals surface area contributed by atoms with Crippen LogP contribution in [-0.4, -0.2) is 6.16 Å². The second kappa shape index (κ2) is 5.04. The third-order valence-electron chi connectivity index (χ3n) is 1.08. The Bertz CT molecular complexity index is 266. The summed E-state index contributed by atoms with van der Waals surface area (Å²) in [5.41, 5.74) is 0. The maximum absolute atomic E-state index is 5.79. The first-order valence-electron chi connectivity index (χ1n) is 2.89. The average molecular weight is 302 g/mol. The fourth-order valence-corrected chi connectivity index (χ4v) is 8.03. The molecule has 0 spiro atoms. The van der Waals surface area contributed by atoms with Gasteiger partial charge in [0.25, 0.3) is 0 Å². The summed E-state index contributed by atoms with van der Waals surface area (Å²) in [6.45, 7) is 0. The third kappa shape index (κ3) is 4.10. The van der Waals surface area contributed by atoms with Crippen molar-refractivity contribution < 1.29 is 18.0 Å². The molecule has 0 fully saturated rings. The molecule has 1 aromatic rings. The van der Waals surface area contributed by atoms with E-state index in [4.69, 9.17) is 28.6 Å². The van der Waals surface area contributed by atoms with Gasteiger partial charge in [0.2, 0.25) is 0 Å². The molecule has 0 heterocycles. The Labute approximate surface area is 86.4 Å². The summed E-state index contributed by atoms with van der Waals surface area (Å²) in [5, 5.41) is 1.97. The summed E-state index contributed by atoms with van der Waals surface area (Å²) in [6.07, 6.45) is 0.626. The molecule has 0 amide bonds. The van der Waals surface area contributed by atoms with Gasteiger partial charge in [0.15, 0.2) is 0 Å². The van der Waals surface area contributed by atoms with E-state index in [1.807, 2.05) is 24.3 Å². The number of hydrogen-bond acceptors (Lipinski definition) is 0. The van der Waals surface area contributed by atoms with Gasteiger partial charge >= 0.3 is 87.2 Å². The van der Waals surface area contributed by atoms with Crippen LogP contribution in [0, 0.1) is 0 Å². The summed E-state index contributed by atoms with van der Waals surface area (Å²) < 4.78 is 0. The number of rotatable bonds is 1. The van der Waals surface area contributed by atoms with Gasteiger partial charge in [-0.15, -0.1) is 0 Å². The molecule has 0 atom stereocenters. The molecule has 0 N–H and O–H groups in total. The molecule has 0 bridgehead atoms. The molecule has 0 aliphatic carbocycles. The molecule has 1 rings (SSSR count). The first kappa shape index (κ1) is 10.3. The Morgan fingerprint density at radius 3 is 2.09 bits per heavy atom. The van der Waals surface area contributed by atoms with E-state index in [1.54, 1.807) is 0 Å². The van der Waals surface area contributed by atoms with Gasteiger partial charge in [-0.1, -0.05) is 0 Å². The molecule has 11 heavy (non-hydrogen) atoms. The fraction of sp³-hybridized carbons (Fsp3) is 0.